The number of anilines is 1. The van der Waals surface area contributed by atoms with Gasteiger partial charge in [-0.15, -0.1) is 0 Å². The number of aromatic amines is 1. The highest BCUT2D eigenvalue weighted by atomic mass is 16.6. The van der Waals surface area contributed by atoms with Gasteiger partial charge in [0.05, 0.1) is 6.04 Å². The molecule has 156 valence electrons. The first-order valence-corrected chi connectivity index (χ1v) is 9.71. The summed E-state index contributed by atoms with van der Waals surface area (Å²) < 4.78 is 5.36. The predicted molar refractivity (Wildman–Crippen MR) is 116 cm³/mol. The largest absolute Gasteiger partial charge is 0.444 e. The van der Waals surface area contributed by atoms with Gasteiger partial charge in [-0.2, -0.15) is 0 Å². The lowest BCUT2D eigenvalue weighted by atomic mass is 9.94. The van der Waals surface area contributed by atoms with Crippen LogP contribution in [0.25, 0.3) is 11.1 Å². The number of carbonyl (C=O) groups is 2. The Morgan fingerprint density at radius 1 is 1.10 bits per heavy atom. The zero-order chi connectivity index (χ0) is 21.7. The second-order valence-electron chi connectivity index (χ2n) is 7.96. The minimum Gasteiger partial charge on any atom is -0.444 e. The molecule has 1 unspecified atom stereocenters. The molecule has 2 amide bonds. The van der Waals surface area contributed by atoms with Crippen LogP contribution in [0.4, 0.5) is 10.5 Å². The van der Waals surface area contributed by atoms with Gasteiger partial charge < -0.3 is 20.4 Å². The average Bonchev–Trinajstić information content (AvgIpc) is 3.21. The smallest absolute Gasteiger partial charge is 0.408 e. The molecule has 3 N–H and O–H groups in total. The molecule has 0 radical (unpaired) electrons. The molecule has 0 saturated heterocycles. The molecular weight excluding hydrogens is 380 g/mol. The topological polar surface area (TPSA) is 96.1 Å². The number of H-pyrrole nitrogens is 1. The maximum Gasteiger partial charge on any atom is 0.408 e. The minimum atomic E-state index is -0.581. The molecule has 0 fully saturated rings. The van der Waals surface area contributed by atoms with Crippen molar-refractivity contribution in [1.29, 1.82) is 0 Å². The lowest BCUT2D eigenvalue weighted by molar-refractivity contribution is 0.0508. The maximum absolute atomic E-state index is 12.7. The summed E-state index contributed by atoms with van der Waals surface area (Å²) in [5.41, 5.74) is 3.24. The zero-order valence-electron chi connectivity index (χ0n) is 17.5. The SMILES string of the molecule is CC(NC(=O)OC(C)(C)C)c1ccc(C(=O)Nc2ccncc2)cc1-c1cc[nH]c1. The fourth-order valence-corrected chi connectivity index (χ4v) is 3.02. The summed E-state index contributed by atoms with van der Waals surface area (Å²) in [4.78, 5) is 31.9. The maximum atomic E-state index is 12.7. The molecule has 2 heterocycles. The second-order valence-corrected chi connectivity index (χ2v) is 7.96. The van der Waals surface area contributed by atoms with Crippen molar-refractivity contribution in [1.82, 2.24) is 15.3 Å². The van der Waals surface area contributed by atoms with E-state index < -0.39 is 11.7 Å². The summed E-state index contributed by atoms with van der Waals surface area (Å²) in [7, 11) is 0. The number of pyridine rings is 1. The Balaban J connectivity index is 1.87. The summed E-state index contributed by atoms with van der Waals surface area (Å²) in [6, 6.07) is 10.5. The Morgan fingerprint density at radius 3 is 2.47 bits per heavy atom. The molecule has 0 saturated carbocycles. The molecule has 0 bridgehead atoms. The van der Waals surface area contributed by atoms with Crippen LogP contribution in [-0.4, -0.2) is 27.6 Å². The lowest BCUT2D eigenvalue weighted by Crippen LogP contribution is -2.34. The predicted octanol–water partition coefficient (Wildman–Crippen LogP) is 4.91. The normalized spacial score (nSPS) is 12.1. The van der Waals surface area contributed by atoms with Gasteiger partial charge in [-0.3, -0.25) is 9.78 Å². The van der Waals surface area contributed by atoms with Crippen LogP contribution in [0.15, 0.2) is 61.2 Å². The van der Waals surface area contributed by atoms with Crippen molar-refractivity contribution >= 4 is 17.7 Å². The van der Waals surface area contributed by atoms with Gasteiger partial charge in [0.25, 0.3) is 5.91 Å². The Bertz CT molecular complexity index is 1010. The minimum absolute atomic E-state index is 0.225. The Kier molecular flexibility index (Phi) is 6.20. The first-order valence-electron chi connectivity index (χ1n) is 9.71. The van der Waals surface area contributed by atoms with Crippen molar-refractivity contribution in [3.63, 3.8) is 0 Å². The molecular formula is C23H26N4O3. The lowest BCUT2D eigenvalue weighted by Gasteiger charge is -2.23. The highest BCUT2D eigenvalue weighted by Gasteiger charge is 2.21. The molecule has 1 aromatic carbocycles. The van der Waals surface area contributed by atoms with Crippen LogP contribution in [0.5, 0.6) is 0 Å². The van der Waals surface area contributed by atoms with E-state index in [-0.39, 0.29) is 11.9 Å². The number of nitrogens with one attached hydrogen (secondary N) is 3. The number of hydrogen-bond acceptors (Lipinski definition) is 4. The van der Waals surface area contributed by atoms with Crippen LogP contribution in [0, 0.1) is 0 Å². The average molecular weight is 406 g/mol. The van der Waals surface area contributed by atoms with Crippen LogP contribution in [0.1, 0.15) is 49.7 Å². The van der Waals surface area contributed by atoms with E-state index in [9.17, 15) is 9.59 Å². The van der Waals surface area contributed by atoms with E-state index in [4.69, 9.17) is 4.74 Å². The number of alkyl carbamates (subject to hydrolysis) is 1. The number of ether oxygens (including phenoxy) is 1. The van der Waals surface area contributed by atoms with Crippen LogP contribution in [-0.2, 0) is 4.74 Å². The molecule has 7 nitrogen and oxygen atoms in total. The van der Waals surface area contributed by atoms with Gasteiger partial charge in [-0.1, -0.05) is 6.07 Å². The summed E-state index contributed by atoms with van der Waals surface area (Å²) in [5.74, 6) is -0.225. The second kappa shape index (κ2) is 8.82. The fraction of sp³-hybridized carbons (Fsp3) is 0.261. The van der Waals surface area contributed by atoms with Crippen molar-refractivity contribution in [2.75, 3.05) is 5.32 Å². The van der Waals surface area contributed by atoms with Gasteiger partial charge in [0.2, 0.25) is 0 Å². The first kappa shape index (κ1) is 21.1. The molecule has 0 aliphatic carbocycles. The number of hydrogen-bond donors (Lipinski definition) is 3. The van der Waals surface area contributed by atoms with Gasteiger partial charge in [0.15, 0.2) is 0 Å². The van der Waals surface area contributed by atoms with Crippen molar-refractivity contribution in [2.24, 2.45) is 0 Å². The van der Waals surface area contributed by atoms with E-state index in [0.717, 1.165) is 16.7 Å². The molecule has 3 aromatic rings. The quantitative estimate of drug-likeness (QED) is 0.561. The summed E-state index contributed by atoms with van der Waals surface area (Å²) in [5, 5.41) is 5.73. The molecule has 0 spiro atoms. The number of benzene rings is 1. The summed E-state index contributed by atoms with van der Waals surface area (Å²) in [6.45, 7) is 7.34. The third-order valence-corrected chi connectivity index (χ3v) is 4.36. The van der Waals surface area contributed by atoms with E-state index >= 15 is 0 Å². The highest BCUT2D eigenvalue weighted by Crippen LogP contribution is 2.30. The molecule has 0 aliphatic rings. The number of nitrogens with zero attached hydrogens (tertiary/aromatic N) is 1. The van der Waals surface area contributed by atoms with E-state index in [1.54, 1.807) is 30.6 Å². The molecule has 7 heteroatoms. The number of rotatable bonds is 5. The van der Waals surface area contributed by atoms with Crippen LogP contribution in [0.3, 0.4) is 0 Å². The number of amides is 2. The highest BCUT2D eigenvalue weighted by molar-refractivity contribution is 6.05. The Hall–Kier alpha value is -3.61. The summed E-state index contributed by atoms with van der Waals surface area (Å²) >= 11 is 0. The first-order chi connectivity index (χ1) is 14.2. The standard InChI is InChI=1S/C23H26N4O3/c1-15(26-22(29)30-23(2,3)4)19-6-5-16(13-20(19)17-7-10-25-14-17)21(28)27-18-8-11-24-12-9-18/h5-15,25H,1-4H3,(H,26,29)(H,24,27,28). The van der Waals surface area contributed by atoms with Crippen molar-refractivity contribution < 1.29 is 14.3 Å². The zero-order valence-corrected chi connectivity index (χ0v) is 17.5. The Morgan fingerprint density at radius 2 is 1.83 bits per heavy atom. The molecule has 0 aliphatic heterocycles. The van der Waals surface area contributed by atoms with Crippen molar-refractivity contribution in [2.45, 2.75) is 39.3 Å². The molecule has 30 heavy (non-hydrogen) atoms. The molecule has 3 rings (SSSR count). The molecule has 2 aromatic heterocycles. The van der Waals surface area contributed by atoms with Gasteiger partial charge >= 0.3 is 6.09 Å². The van der Waals surface area contributed by atoms with Crippen molar-refractivity contribution in [3.8, 4) is 11.1 Å². The number of carbonyl (C=O) groups excluding carboxylic acids is 2. The van der Waals surface area contributed by atoms with E-state index in [2.05, 4.69) is 20.6 Å². The van der Waals surface area contributed by atoms with E-state index in [0.29, 0.717) is 11.3 Å². The number of aromatic nitrogens is 2. The van der Waals surface area contributed by atoms with Crippen molar-refractivity contribution in [3.05, 3.63) is 72.3 Å². The summed E-state index contributed by atoms with van der Waals surface area (Å²) in [6.07, 6.45) is 6.41. The van der Waals surface area contributed by atoms with Gasteiger partial charge in [-0.05, 0) is 74.7 Å². The van der Waals surface area contributed by atoms with E-state index in [1.165, 1.54) is 0 Å². The third kappa shape index (κ3) is 5.47. The van der Waals surface area contributed by atoms with Crippen LogP contribution < -0.4 is 10.6 Å². The van der Waals surface area contributed by atoms with Gasteiger partial charge in [0.1, 0.15) is 5.60 Å². The third-order valence-electron chi connectivity index (χ3n) is 4.36. The monoisotopic (exact) mass is 406 g/mol. The Labute approximate surface area is 175 Å². The van der Waals surface area contributed by atoms with E-state index in [1.807, 2.05) is 58.3 Å². The van der Waals surface area contributed by atoms with Crippen LogP contribution >= 0.6 is 0 Å². The fourth-order valence-electron chi connectivity index (χ4n) is 3.02. The molecule has 1 atom stereocenters. The van der Waals surface area contributed by atoms with Gasteiger partial charge in [-0.25, -0.2) is 4.79 Å². The van der Waals surface area contributed by atoms with Crippen LogP contribution in [0.2, 0.25) is 0 Å². The van der Waals surface area contributed by atoms with Gasteiger partial charge in [0, 0.05) is 36.0 Å².